The van der Waals surface area contributed by atoms with Crippen molar-refractivity contribution in [2.24, 2.45) is 15.9 Å². The van der Waals surface area contributed by atoms with Gasteiger partial charge in [-0.25, -0.2) is 0 Å². The molecule has 0 bridgehead atoms. The third-order valence-corrected chi connectivity index (χ3v) is 6.50. The fourth-order valence-electron chi connectivity index (χ4n) is 4.16. The van der Waals surface area contributed by atoms with E-state index in [1.54, 1.807) is 0 Å². The van der Waals surface area contributed by atoms with Crippen LogP contribution in [0.4, 0.5) is 0 Å². The molecule has 1 aromatic rings. The zero-order valence-corrected chi connectivity index (χ0v) is 16.3. The average molecular weight is 359 g/mol. The highest BCUT2D eigenvalue weighted by molar-refractivity contribution is 7.96. The molecule has 0 radical (unpaired) electrons. The smallest absolute Gasteiger partial charge is 0.137 e. The second-order valence-corrected chi connectivity index (χ2v) is 8.11. The molecule has 25 heavy (non-hydrogen) atoms. The molecule has 2 aliphatic rings. The van der Waals surface area contributed by atoms with Crippen LogP contribution in [0.3, 0.4) is 0 Å². The van der Waals surface area contributed by atoms with Gasteiger partial charge in [-0.3, -0.25) is 14.3 Å². The van der Waals surface area contributed by atoms with E-state index in [0.29, 0.717) is 18.0 Å². The van der Waals surface area contributed by atoms with E-state index >= 15 is 0 Å². The molecule has 4 nitrogen and oxygen atoms in total. The zero-order valence-electron chi connectivity index (χ0n) is 15.5. The van der Waals surface area contributed by atoms with Crippen LogP contribution >= 0.6 is 11.9 Å². The predicted octanol–water partition coefficient (Wildman–Crippen LogP) is 2.34. The molecule has 2 unspecified atom stereocenters. The standard InChI is InChI=1S/C20H30N4S/c1-15-6-5-7-19(15)24-16(2)8-9-17(14-21-3)20(24)22-18-10-12-23(25-4)13-11-18/h8-9,14-15,18-19H,2-3,5-7,10-13H2,1,4H3/b17-14-,22-20+. The van der Waals surface area contributed by atoms with E-state index in [4.69, 9.17) is 4.99 Å². The van der Waals surface area contributed by atoms with Gasteiger partial charge < -0.3 is 4.57 Å². The van der Waals surface area contributed by atoms with Crippen LogP contribution < -0.4 is 16.1 Å². The van der Waals surface area contributed by atoms with Crippen LogP contribution in [0.5, 0.6) is 0 Å². The molecule has 0 spiro atoms. The van der Waals surface area contributed by atoms with Crippen LogP contribution in [0.1, 0.15) is 45.1 Å². The number of piperidine rings is 1. The van der Waals surface area contributed by atoms with Gasteiger partial charge in [-0.15, -0.1) is 0 Å². The van der Waals surface area contributed by atoms with Crippen molar-refractivity contribution in [2.75, 3.05) is 19.3 Å². The lowest BCUT2D eigenvalue weighted by atomic mass is 10.1. The summed E-state index contributed by atoms with van der Waals surface area (Å²) in [5.41, 5.74) is 1.06. The van der Waals surface area contributed by atoms with E-state index in [1.807, 2.05) is 18.1 Å². The van der Waals surface area contributed by atoms with Crippen molar-refractivity contribution in [3.8, 4) is 0 Å². The first-order valence-corrected chi connectivity index (χ1v) is 10.5. The summed E-state index contributed by atoms with van der Waals surface area (Å²) >= 11 is 1.84. The Bertz CT molecular complexity index is 774. The molecule has 5 heteroatoms. The Hall–Kier alpha value is -1.33. The molecule has 3 rings (SSSR count). The highest BCUT2D eigenvalue weighted by Gasteiger charge is 2.26. The van der Waals surface area contributed by atoms with Gasteiger partial charge in [-0.2, -0.15) is 0 Å². The third-order valence-electron chi connectivity index (χ3n) is 5.62. The number of hydrogen-bond donors (Lipinski definition) is 0. The van der Waals surface area contributed by atoms with Crippen molar-refractivity contribution in [1.82, 2.24) is 8.87 Å². The molecule has 1 aliphatic carbocycles. The van der Waals surface area contributed by atoms with E-state index < -0.39 is 0 Å². The normalized spacial score (nSPS) is 27.1. The van der Waals surface area contributed by atoms with Gasteiger partial charge in [0, 0.05) is 35.9 Å². The Morgan fingerprint density at radius 3 is 2.56 bits per heavy atom. The van der Waals surface area contributed by atoms with Gasteiger partial charge in [0.2, 0.25) is 0 Å². The molecule has 0 N–H and O–H groups in total. The summed E-state index contributed by atoms with van der Waals surface area (Å²) in [6.07, 6.45) is 10.0. The van der Waals surface area contributed by atoms with Gasteiger partial charge in [0.05, 0.1) is 6.04 Å². The Balaban J connectivity index is 2.08. The summed E-state index contributed by atoms with van der Waals surface area (Å²) in [5.74, 6) is 0.671. The van der Waals surface area contributed by atoms with Crippen LogP contribution in [0, 0.1) is 5.92 Å². The van der Waals surface area contributed by atoms with Gasteiger partial charge >= 0.3 is 0 Å². The Kier molecular flexibility index (Phi) is 6.18. The third kappa shape index (κ3) is 4.09. The number of pyridine rings is 1. The van der Waals surface area contributed by atoms with E-state index in [0.717, 1.165) is 42.0 Å². The van der Waals surface area contributed by atoms with Crippen molar-refractivity contribution in [3.05, 3.63) is 28.2 Å². The lowest BCUT2D eigenvalue weighted by Crippen LogP contribution is -2.46. The summed E-state index contributed by atoms with van der Waals surface area (Å²) in [6, 6.07) is 5.06. The molecule has 2 atom stereocenters. The first-order valence-electron chi connectivity index (χ1n) is 9.33. The van der Waals surface area contributed by atoms with Crippen LogP contribution in [-0.4, -0.2) is 41.0 Å². The zero-order chi connectivity index (χ0) is 17.8. The molecule has 2 fully saturated rings. The molecule has 1 aromatic heterocycles. The molecule has 0 aromatic carbocycles. The lowest BCUT2D eigenvalue weighted by molar-refractivity contribution is 0.336. The maximum Gasteiger partial charge on any atom is 0.137 e. The summed E-state index contributed by atoms with van der Waals surface area (Å²) < 4.78 is 4.81. The second kappa shape index (κ2) is 8.37. The predicted molar refractivity (Wildman–Crippen MR) is 109 cm³/mol. The Morgan fingerprint density at radius 1 is 1.20 bits per heavy atom. The molecule has 1 saturated carbocycles. The lowest BCUT2D eigenvalue weighted by Gasteiger charge is -2.28. The minimum absolute atomic E-state index is 0.380. The van der Waals surface area contributed by atoms with E-state index in [2.05, 4.69) is 52.5 Å². The van der Waals surface area contributed by atoms with Crippen LogP contribution in [0.15, 0.2) is 22.1 Å². The molecular formula is C20H30N4S. The molecule has 1 saturated heterocycles. The van der Waals surface area contributed by atoms with Crippen molar-refractivity contribution in [2.45, 2.75) is 51.1 Å². The molecule has 0 amide bonds. The maximum absolute atomic E-state index is 5.21. The fourth-order valence-corrected chi connectivity index (χ4v) is 4.73. The highest BCUT2D eigenvalue weighted by Crippen LogP contribution is 2.33. The van der Waals surface area contributed by atoms with Gasteiger partial charge in [0.25, 0.3) is 0 Å². The van der Waals surface area contributed by atoms with E-state index in [1.165, 1.54) is 19.3 Å². The molecule has 136 valence electrons. The minimum atomic E-state index is 0.380. The monoisotopic (exact) mass is 358 g/mol. The summed E-state index contributed by atoms with van der Waals surface area (Å²) in [4.78, 5) is 9.23. The van der Waals surface area contributed by atoms with Crippen LogP contribution in [0.25, 0.3) is 12.8 Å². The van der Waals surface area contributed by atoms with Gasteiger partial charge in [0.15, 0.2) is 0 Å². The first kappa shape index (κ1) is 18.5. The largest absolute Gasteiger partial charge is 0.323 e. The first-order chi connectivity index (χ1) is 12.1. The summed E-state index contributed by atoms with van der Waals surface area (Å²) in [5, 5.41) is 2.12. The highest BCUT2D eigenvalue weighted by atomic mass is 32.2. The van der Waals surface area contributed by atoms with Crippen molar-refractivity contribution in [3.63, 3.8) is 0 Å². The Morgan fingerprint density at radius 2 is 1.96 bits per heavy atom. The molecule has 2 heterocycles. The summed E-state index contributed by atoms with van der Waals surface area (Å²) in [7, 11) is 0. The van der Waals surface area contributed by atoms with E-state index in [9.17, 15) is 0 Å². The maximum atomic E-state index is 5.21. The van der Waals surface area contributed by atoms with E-state index in [-0.39, 0.29) is 0 Å². The average Bonchev–Trinajstić information content (AvgIpc) is 3.04. The number of nitrogens with zero attached hydrogens (tertiary/aromatic N) is 4. The minimum Gasteiger partial charge on any atom is -0.323 e. The van der Waals surface area contributed by atoms with Crippen LogP contribution in [-0.2, 0) is 0 Å². The molecular weight excluding hydrogens is 328 g/mol. The van der Waals surface area contributed by atoms with Gasteiger partial charge in [0.1, 0.15) is 5.49 Å². The Labute approximate surface area is 155 Å². The summed E-state index contributed by atoms with van der Waals surface area (Å²) in [6.45, 7) is 12.5. The number of rotatable bonds is 4. The number of hydrogen-bond acceptors (Lipinski definition) is 4. The topological polar surface area (TPSA) is 32.9 Å². The second-order valence-electron chi connectivity index (χ2n) is 7.23. The fraction of sp³-hybridized carbons (Fsp3) is 0.600. The van der Waals surface area contributed by atoms with Crippen molar-refractivity contribution < 1.29 is 0 Å². The van der Waals surface area contributed by atoms with Gasteiger partial charge in [-0.05, 0) is 56.7 Å². The number of aliphatic imine (C=N–C) groups is 1. The molecule has 1 aliphatic heterocycles. The SMILES string of the molecule is C=N/C=c1/ccc(=C)n(C2CCCC2C)/c1=N/C1CCN(SC)CC1. The van der Waals surface area contributed by atoms with Crippen LogP contribution in [0.2, 0.25) is 0 Å². The van der Waals surface area contributed by atoms with Gasteiger partial charge in [-0.1, -0.05) is 31.9 Å². The number of aromatic nitrogens is 1. The van der Waals surface area contributed by atoms with Crippen molar-refractivity contribution >= 4 is 31.4 Å². The quantitative estimate of drug-likeness (QED) is 0.611. The van der Waals surface area contributed by atoms with Crippen molar-refractivity contribution in [1.29, 1.82) is 0 Å².